The second-order valence-electron chi connectivity index (χ2n) is 5.32. The molecule has 1 heterocycles. The zero-order valence-electron chi connectivity index (χ0n) is 12.1. The molecule has 6 nitrogen and oxygen atoms in total. The highest BCUT2D eigenvalue weighted by Crippen LogP contribution is 2.34. The summed E-state index contributed by atoms with van der Waals surface area (Å²) in [6.07, 6.45) is 5.74. The first-order chi connectivity index (χ1) is 9.47. The molecule has 1 aliphatic rings. The van der Waals surface area contributed by atoms with E-state index < -0.39 is 10.0 Å². The molecule has 3 atom stereocenters. The lowest BCUT2D eigenvalue weighted by Crippen LogP contribution is -2.37. The number of sulfonamides is 1. The molecule has 0 spiro atoms. The normalized spacial score (nSPS) is 26.6. The Hall–Kier alpha value is -1.21. The summed E-state index contributed by atoms with van der Waals surface area (Å²) in [6, 6.07) is 0.00827. The van der Waals surface area contributed by atoms with Crippen LogP contribution in [0.2, 0.25) is 0 Å². The number of rotatable bonds is 5. The summed E-state index contributed by atoms with van der Waals surface area (Å²) >= 11 is 0. The number of nitrogens with zero attached hydrogens (tertiary/aromatic N) is 2. The van der Waals surface area contributed by atoms with Gasteiger partial charge in [0.05, 0.1) is 12.4 Å². The van der Waals surface area contributed by atoms with Gasteiger partial charge in [-0.05, 0) is 24.7 Å². The average Bonchev–Trinajstić information content (AvgIpc) is 2.79. The molecule has 1 fully saturated rings. The van der Waals surface area contributed by atoms with Crippen molar-refractivity contribution in [2.45, 2.75) is 44.0 Å². The maximum Gasteiger partial charge on any atom is 0.243 e. The molecule has 0 aliphatic heterocycles. The third-order valence-corrected chi connectivity index (χ3v) is 5.66. The van der Waals surface area contributed by atoms with Crippen molar-refractivity contribution >= 4 is 16.0 Å². The molecule has 7 heteroatoms. The Morgan fingerprint density at radius 1 is 1.30 bits per heavy atom. The van der Waals surface area contributed by atoms with Gasteiger partial charge in [-0.25, -0.2) is 23.1 Å². The summed E-state index contributed by atoms with van der Waals surface area (Å²) in [4.78, 5) is 8.01. The van der Waals surface area contributed by atoms with Crippen LogP contribution in [0.1, 0.15) is 33.1 Å². The van der Waals surface area contributed by atoms with E-state index in [9.17, 15) is 8.42 Å². The fourth-order valence-corrected chi connectivity index (χ4v) is 4.09. The van der Waals surface area contributed by atoms with E-state index >= 15 is 0 Å². The minimum absolute atomic E-state index is 0.00827. The van der Waals surface area contributed by atoms with Crippen LogP contribution in [0.5, 0.6) is 0 Å². The van der Waals surface area contributed by atoms with Gasteiger partial charge in [0.15, 0.2) is 0 Å². The topological polar surface area (TPSA) is 84.0 Å². The van der Waals surface area contributed by atoms with Crippen LogP contribution in [0, 0.1) is 11.8 Å². The molecular formula is C13H22N4O2S. The van der Waals surface area contributed by atoms with Gasteiger partial charge in [0, 0.05) is 13.1 Å². The van der Waals surface area contributed by atoms with Crippen LogP contribution in [-0.4, -0.2) is 31.5 Å². The Bertz CT molecular complexity index is 544. The lowest BCUT2D eigenvalue weighted by Gasteiger charge is -2.20. The number of nitrogens with one attached hydrogen (secondary N) is 2. The second-order valence-corrected chi connectivity index (χ2v) is 7.04. The van der Waals surface area contributed by atoms with Crippen molar-refractivity contribution in [2.75, 3.05) is 12.4 Å². The van der Waals surface area contributed by atoms with Crippen molar-refractivity contribution in [2.24, 2.45) is 11.8 Å². The molecule has 0 aromatic carbocycles. The Labute approximate surface area is 120 Å². The van der Waals surface area contributed by atoms with Gasteiger partial charge in [-0.15, -0.1) is 0 Å². The number of anilines is 1. The van der Waals surface area contributed by atoms with Crippen LogP contribution in [0.3, 0.4) is 0 Å². The van der Waals surface area contributed by atoms with E-state index in [-0.39, 0.29) is 10.9 Å². The number of hydrogen-bond acceptors (Lipinski definition) is 5. The third-order valence-electron chi connectivity index (χ3n) is 4.22. The first-order valence-corrected chi connectivity index (χ1v) is 8.48. The van der Waals surface area contributed by atoms with Crippen LogP contribution in [0.4, 0.5) is 5.95 Å². The molecule has 112 valence electrons. The predicted octanol–water partition coefficient (Wildman–Crippen LogP) is 1.62. The number of hydrogen-bond donors (Lipinski definition) is 2. The van der Waals surface area contributed by atoms with Crippen LogP contribution < -0.4 is 10.0 Å². The van der Waals surface area contributed by atoms with Crippen LogP contribution in [0.25, 0.3) is 0 Å². The third kappa shape index (κ3) is 3.09. The highest BCUT2D eigenvalue weighted by Gasteiger charge is 2.34. The zero-order valence-corrected chi connectivity index (χ0v) is 12.9. The summed E-state index contributed by atoms with van der Waals surface area (Å²) in [5, 5.41) is 2.76. The molecule has 1 aromatic heterocycles. The molecule has 0 amide bonds. The predicted molar refractivity (Wildman–Crippen MR) is 77.9 cm³/mol. The van der Waals surface area contributed by atoms with E-state index in [2.05, 4.69) is 33.9 Å². The minimum Gasteiger partial charge on any atom is -0.357 e. The van der Waals surface area contributed by atoms with E-state index in [1.165, 1.54) is 12.4 Å². The standard InChI is InChI=1S/C13H22N4O2S/c1-4-10-5-6-12(9(10)2)17-20(18,19)11-7-15-13(14-3)16-8-11/h7-10,12,17H,4-6H2,1-3H3,(H,14,15,16). The van der Waals surface area contributed by atoms with Gasteiger partial charge in [-0.1, -0.05) is 20.3 Å². The molecular weight excluding hydrogens is 276 g/mol. The smallest absolute Gasteiger partial charge is 0.243 e. The van der Waals surface area contributed by atoms with Gasteiger partial charge in [0.1, 0.15) is 4.90 Å². The molecule has 2 N–H and O–H groups in total. The van der Waals surface area contributed by atoms with E-state index in [4.69, 9.17) is 0 Å². The molecule has 0 radical (unpaired) electrons. The quantitative estimate of drug-likeness (QED) is 0.863. The maximum absolute atomic E-state index is 12.3. The summed E-state index contributed by atoms with van der Waals surface area (Å²) in [5.41, 5.74) is 0. The molecule has 1 aliphatic carbocycles. The Kier molecular flexibility index (Phi) is 4.59. The zero-order chi connectivity index (χ0) is 14.8. The summed E-state index contributed by atoms with van der Waals surface area (Å²) < 4.78 is 27.4. The van der Waals surface area contributed by atoms with Crippen molar-refractivity contribution in [3.05, 3.63) is 12.4 Å². The molecule has 2 rings (SSSR count). The lowest BCUT2D eigenvalue weighted by atomic mass is 9.94. The summed E-state index contributed by atoms with van der Waals surface area (Å²) in [6.45, 7) is 4.28. The monoisotopic (exact) mass is 298 g/mol. The van der Waals surface area contributed by atoms with Crippen LogP contribution >= 0.6 is 0 Å². The molecule has 0 bridgehead atoms. The SMILES string of the molecule is CCC1CCC(NS(=O)(=O)c2cnc(NC)nc2)C1C. The fraction of sp³-hybridized carbons (Fsp3) is 0.692. The highest BCUT2D eigenvalue weighted by atomic mass is 32.2. The van der Waals surface area contributed by atoms with Crippen molar-refractivity contribution in [3.8, 4) is 0 Å². The maximum atomic E-state index is 12.3. The fourth-order valence-electron chi connectivity index (χ4n) is 2.84. The Morgan fingerprint density at radius 3 is 2.45 bits per heavy atom. The van der Waals surface area contributed by atoms with Crippen molar-refractivity contribution < 1.29 is 8.42 Å². The average molecular weight is 298 g/mol. The lowest BCUT2D eigenvalue weighted by molar-refractivity contribution is 0.368. The van der Waals surface area contributed by atoms with E-state index in [0.717, 1.165) is 19.3 Å². The second kappa shape index (κ2) is 6.05. The molecule has 1 saturated carbocycles. The van der Waals surface area contributed by atoms with E-state index in [1.54, 1.807) is 7.05 Å². The van der Waals surface area contributed by atoms with Gasteiger partial charge in [-0.2, -0.15) is 0 Å². The van der Waals surface area contributed by atoms with Gasteiger partial charge in [-0.3, -0.25) is 0 Å². The van der Waals surface area contributed by atoms with Gasteiger partial charge >= 0.3 is 0 Å². The van der Waals surface area contributed by atoms with Crippen molar-refractivity contribution in [1.29, 1.82) is 0 Å². The largest absolute Gasteiger partial charge is 0.357 e. The van der Waals surface area contributed by atoms with Crippen LogP contribution in [0.15, 0.2) is 17.3 Å². The Morgan fingerprint density at radius 2 is 1.95 bits per heavy atom. The summed E-state index contributed by atoms with van der Waals surface area (Å²) in [5.74, 6) is 1.38. The molecule has 3 unspecified atom stereocenters. The van der Waals surface area contributed by atoms with Crippen LogP contribution in [-0.2, 0) is 10.0 Å². The van der Waals surface area contributed by atoms with Gasteiger partial charge in [0.25, 0.3) is 0 Å². The molecule has 0 saturated heterocycles. The summed E-state index contributed by atoms with van der Waals surface area (Å²) in [7, 11) is -1.85. The number of aromatic nitrogens is 2. The Balaban J connectivity index is 2.11. The molecule has 1 aromatic rings. The molecule has 20 heavy (non-hydrogen) atoms. The first-order valence-electron chi connectivity index (χ1n) is 7.00. The first kappa shape index (κ1) is 15.2. The highest BCUT2D eigenvalue weighted by molar-refractivity contribution is 7.89. The van der Waals surface area contributed by atoms with E-state index in [0.29, 0.717) is 17.8 Å². The van der Waals surface area contributed by atoms with Gasteiger partial charge < -0.3 is 5.32 Å². The van der Waals surface area contributed by atoms with Crippen molar-refractivity contribution in [1.82, 2.24) is 14.7 Å². The van der Waals surface area contributed by atoms with Crippen molar-refractivity contribution in [3.63, 3.8) is 0 Å². The van der Waals surface area contributed by atoms with Gasteiger partial charge in [0.2, 0.25) is 16.0 Å². The minimum atomic E-state index is -3.54. The van der Waals surface area contributed by atoms with E-state index in [1.807, 2.05) is 0 Å².